The summed E-state index contributed by atoms with van der Waals surface area (Å²) in [4.78, 5) is 12.2. The minimum Gasteiger partial charge on any atom is -0.379 e. The van der Waals surface area contributed by atoms with Gasteiger partial charge in [0.1, 0.15) is 23.8 Å². The maximum absolute atomic E-state index is 13.5. The molecule has 0 radical (unpaired) electrons. The Morgan fingerprint density at radius 1 is 0.969 bits per heavy atom. The summed E-state index contributed by atoms with van der Waals surface area (Å²) < 4.78 is 33.3. The van der Waals surface area contributed by atoms with Gasteiger partial charge in [-0.05, 0) is 41.5 Å². The van der Waals surface area contributed by atoms with Gasteiger partial charge < -0.3 is 10.1 Å². The molecule has 1 fully saturated rings. The van der Waals surface area contributed by atoms with Crippen molar-refractivity contribution in [2.75, 3.05) is 38.2 Å². The smallest absolute Gasteiger partial charge is 0.147 e. The van der Waals surface area contributed by atoms with Crippen LogP contribution in [0.1, 0.15) is 11.6 Å². The minimum atomic E-state index is -0.257. The van der Waals surface area contributed by atoms with Gasteiger partial charge in [0.15, 0.2) is 0 Å². The lowest BCUT2D eigenvalue weighted by atomic mass is 10.0. The van der Waals surface area contributed by atoms with E-state index >= 15 is 0 Å². The van der Waals surface area contributed by atoms with Crippen molar-refractivity contribution in [2.45, 2.75) is 6.04 Å². The summed E-state index contributed by atoms with van der Waals surface area (Å²) in [6.45, 7) is 3.61. The van der Waals surface area contributed by atoms with Crippen LogP contribution in [0.5, 0.6) is 0 Å². The molecule has 1 aliphatic heterocycles. The zero-order valence-electron chi connectivity index (χ0n) is 17.3. The summed E-state index contributed by atoms with van der Waals surface area (Å²) in [6, 6.07) is 15.2. The first kappa shape index (κ1) is 20.9. The van der Waals surface area contributed by atoms with Gasteiger partial charge in [-0.1, -0.05) is 24.3 Å². The van der Waals surface area contributed by atoms with Gasteiger partial charge in [-0.25, -0.2) is 18.7 Å². The van der Waals surface area contributed by atoms with Crippen LogP contribution in [-0.2, 0) is 4.74 Å². The van der Waals surface area contributed by atoms with E-state index in [1.54, 1.807) is 29.8 Å². The van der Waals surface area contributed by atoms with Crippen molar-refractivity contribution in [1.82, 2.24) is 14.9 Å². The van der Waals surface area contributed by atoms with Gasteiger partial charge in [-0.15, -0.1) is 11.3 Å². The highest BCUT2D eigenvalue weighted by molar-refractivity contribution is 7.22. The standard InChI is InChI=1S/C24H22F2N4OS/c25-18-5-1-16(2-6-18)21(30-9-11-31-12-10-30)14-27-24-23-20(28-15-29-24)13-22(32-23)17-3-7-19(26)8-4-17/h1-8,13,15,21H,9-12,14H2,(H,27,28,29). The van der Waals surface area contributed by atoms with Gasteiger partial charge in [-0.3, -0.25) is 4.90 Å². The predicted molar refractivity (Wildman–Crippen MR) is 123 cm³/mol. The molecule has 1 aliphatic rings. The first-order valence-electron chi connectivity index (χ1n) is 10.5. The molecule has 0 spiro atoms. The van der Waals surface area contributed by atoms with Crippen LogP contribution in [0.3, 0.4) is 0 Å². The fourth-order valence-electron chi connectivity index (χ4n) is 3.96. The number of hydrogen-bond acceptors (Lipinski definition) is 6. The summed E-state index contributed by atoms with van der Waals surface area (Å²) in [5, 5.41) is 3.50. The van der Waals surface area contributed by atoms with E-state index in [1.807, 2.05) is 18.2 Å². The second-order valence-corrected chi connectivity index (χ2v) is 8.70. The van der Waals surface area contributed by atoms with Gasteiger partial charge in [0.2, 0.25) is 0 Å². The van der Waals surface area contributed by atoms with Crippen LogP contribution < -0.4 is 5.32 Å². The third-order valence-corrected chi connectivity index (χ3v) is 6.82. The number of thiophene rings is 1. The molecule has 4 aromatic rings. The maximum atomic E-state index is 13.5. The molecule has 2 aromatic heterocycles. The first-order chi connectivity index (χ1) is 15.7. The van der Waals surface area contributed by atoms with Crippen molar-refractivity contribution in [3.05, 3.63) is 78.1 Å². The highest BCUT2D eigenvalue weighted by atomic mass is 32.1. The summed E-state index contributed by atoms with van der Waals surface area (Å²) in [6.07, 6.45) is 1.55. The Morgan fingerprint density at radius 2 is 1.66 bits per heavy atom. The third-order valence-electron chi connectivity index (χ3n) is 5.64. The van der Waals surface area contributed by atoms with Crippen LogP contribution in [0.2, 0.25) is 0 Å². The Kier molecular flexibility index (Phi) is 6.07. The molecule has 0 amide bonds. The number of fused-ring (bicyclic) bond motifs is 1. The lowest BCUT2D eigenvalue weighted by Gasteiger charge is -2.35. The fraction of sp³-hybridized carbons (Fsp3) is 0.250. The normalized spacial score (nSPS) is 15.7. The van der Waals surface area contributed by atoms with E-state index in [2.05, 4.69) is 20.2 Å². The Morgan fingerprint density at radius 3 is 2.38 bits per heavy atom. The van der Waals surface area contributed by atoms with Gasteiger partial charge in [0.25, 0.3) is 0 Å². The van der Waals surface area contributed by atoms with Crippen molar-refractivity contribution >= 4 is 27.4 Å². The lowest BCUT2D eigenvalue weighted by molar-refractivity contribution is 0.0187. The number of nitrogens with one attached hydrogen (secondary N) is 1. The average molecular weight is 453 g/mol. The summed E-state index contributed by atoms with van der Waals surface area (Å²) in [7, 11) is 0. The Hall–Kier alpha value is -2.94. The number of nitrogens with zero attached hydrogens (tertiary/aromatic N) is 3. The molecular weight excluding hydrogens is 430 g/mol. The van der Waals surface area contributed by atoms with E-state index in [0.717, 1.165) is 45.1 Å². The molecule has 1 N–H and O–H groups in total. The highest BCUT2D eigenvalue weighted by Gasteiger charge is 2.23. The van der Waals surface area contributed by atoms with E-state index in [1.165, 1.54) is 24.3 Å². The van der Waals surface area contributed by atoms with Crippen molar-refractivity contribution in [3.8, 4) is 10.4 Å². The van der Waals surface area contributed by atoms with Crippen LogP contribution in [0.15, 0.2) is 60.9 Å². The SMILES string of the molecule is Fc1ccc(-c2cc3ncnc(NCC(c4ccc(F)cc4)N4CCOCC4)c3s2)cc1. The second-order valence-electron chi connectivity index (χ2n) is 7.65. The Balaban J connectivity index is 1.41. The van der Waals surface area contributed by atoms with E-state index in [-0.39, 0.29) is 17.7 Å². The Labute approximate surface area is 188 Å². The summed E-state index contributed by atoms with van der Waals surface area (Å²) >= 11 is 1.57. The van der Waals surface area contributed by atoms with Crippen LogP contribution in [0.4, 0.5) is 14.6 Å². The van der Waals surface area contributed by atoms with Gasteiger partial charge in [0.05, 0.1) is 29.5 Å². The van der Waals surface area contributed by atoms with E-state index < -0.39 is 0 Å². The van der Waals surface area contributed by atoms with Crippen molar-refractivity contribution in [1.29, 1.82) is 0 Å². The van der Waals surface area contributed by atoms with Gasteiger partial charge in [0, 0.05) is 24.5 Å². The van der Waals surface area contributed by atoms with Crippen LogP contribution in [-0.4, -0.2) is 47.7 Å². The van der Waals surface area contributed by atoms with E-state index in [4.69, 9.17) is 4.74 Å². The fourth-order valence-corrected chi connectivity index (χ4v) is 5.04. The van der Waals surface area contributed by atoms with E-state index in [0.29, 0.717) is 19.8 Å². The molecule has 0 bridgehead atoms. The molecule has 1 saturated heterocycles. The van der Waals surface area contributed by atoms with Gasteiger partial charge >= 0.3 is 0 Å². The number of aromatic nitrogens is 2. The number of morpholine rings is 1. The quantitative estimate of drug-likeness (QED) is 0.440. The molecular formula is C24H22F2N4OS. The monoisotopic (exact) mass is 452 g/mol. The number of rotatable bonds is 6. The largest absolute Gasteiger partial charge is 0.379 e. The molecule has 0 aliphatic carbocycles. The summed E-state index contributed by atoms with van der Waals surface area (Å²) in [5.74, 6) is 0.257. The van der Waals surface area contributed by atoms with E-state index in [9.17, 15) is 8.78 Å². The van der Waals surface area contributed by atoms with Crippen molar-refractivity contribution < 1.29 is 13.5 Å². The average Bonchev–Trinajstić information content (AvgIpc) is 3.27. The maximum Gasteiger partial charge on any atom is 0.147 e. The molecule has 5 nitrogen and oxygen atoms in total. The zero-order chi connectivity index (χ0) is 21.9. The number of ether oxygens (including phenoxy) is 1. The molecule has 164 valence electrons. The zero-order valence-corrected chi connectivity index (χ0v) is 18.1. The number of benzene rings is 2. The van der Waals surface area contributed by atoms with Crippen LogP contribution in [0.25, 0.3) is 20.7 Å². The lowest BCUT2D eigenvalue weighted by Crippen LogP contribution is -2.41. The topological polar surface area (TPSA) is 50.3 Å². The highest BCUT2D eigenvalue weighted by Crippen LogP contribution is 2.36. The molecule has 3 heterocycles. The summed E-state index contributed by atoms with van der Waals surface area (Å²) in [5.41, 5.74) is 2.83. The first-order valence-corrected chi connectivity index (χ1v) is 11.3. The van der Waals surface area contributed by atoms with Crippen LogP contribution in [0, 0.1) is 11.6 Å². The van der Waals surface area contributed by atoms with Crippen molar-refractivity contribution in [2.24, 2.45) is 0 Å². The molecule has 8 heteroatoms. The second kappa shape index (κ2) is 9.28. The Bertz CT molecular complexity index is 1190. The van der Waals surface area contributed by atoms with Crippen molar-refractivity contribution in [3.63, 3.8) is 0 Å². The molecule has 5 rings (SSSR count). The molecule has 0 saturated carbocycles. The van der Waals surface area contributed by atoms with Crippen LogP contribution >= 0.6 is 11.3 Å². The molecule has 1 atom stereocenters. The minimum absolute atomic E-state index is 0.0565. The molecule has 1 unspecified atom stereocenters. The predicted octanol–water partition coefficient (Wildman–Crippen LogP) is 5.12. The molecule has 32 heavy (non-hydrogen) atoms. The number of halogens is 2. The third kappa shape index (κ3) is 4.48. The number of anilines is 1. The van der Waals surface area contributed by atoms with Gasteiger partial charge in [-0.2, -0.15) is 0 Å². The molecule has 2 aromatic carbocycles. The number of hydrogen-bond donors (Lipinski definition) is 1.